The van der Waals surface area contributed by atoms with Gasteiger partial charge < -0.3 is 24.6 Å². The number of urea groups is 1. The number of hydrazine groups is 1. The smallest absolute Gasteiger partial charge is 0.329 e. The Morgan fingerprint density at radius 1 is 1.19 bits per heavy atom. The molecule has 2 heterocycles. The molecular weight excluding hydrogens is 350 g/mol. The number of nitrogens with zero attached hydrogens (tertiary/aromatic N) is 2. The number of ether oxygens (including phenoxy) is 2. The number of likely N-dealkylation sites (N-methyl/N-ethyl adjacent to an activating group) is 1. The largest absolute Gasteiger partial charge is 0.493 e. The maximum atomic E-state index is 12.4. The predicted molar refractivity (Wildman–Crippen MR) is 100 cm³/mol. The molecule has 3 amide bonds. The Balaban J connectivity index is 1.56. The summed E-state index contributed by atoms with van der Waals surface area (Å²) in [6.07, 6.45) is 0.272. The fourth-order valence-electron chi connectivity index (χ4n) is 3.41. The second-order valence-electron chi connectivity index (χ2n) is 6.97. The fraction of sp³-hybridized carbons (Fsp3) is 0.556. The minimum absolute atomic E-state index is 0.0317. The van der Waals surface area contributed by atoms with Gasteiger partial charge in [-0.3, -0.25) is 10.2 Å². The van der Waals surface area contributed by atoms with Crippen molar-refractivity contribution in [2.45, 2.75) is 12.5 Å². The van der Waals surface area contributed by atoms with Crippen LogP contribution in [0.3, 0.4) is 0 Å². The van der Waals surface area contributed by atoms with Crippen LogP contribution in [-0.2, 0) is 4.79 Å². The monoisotopic (exact) mass is 378 g/mol. The summed E-state index contributed by atoms with van der Waals surface area (Å²) in [5.74, 6) is 1.14. The molecular formula is C18H28N5O4+. The third-order valence-corrected chi connectivity index (χ3v) is 5.02. The van der Waals surface area contributed by atoms with Crippen molar-refractivity contribution in [2.24, 2.45) is 0 Å². The zero-order valence-corrected chi connectivity index (χ0v) is 16.1. The standard InChI is InChI=1S/C18H27N5O4/c1-21-6-8-22(9-7-21)20-18(25)19-13-10-17(24)23(12-13)14-4-5-15(26-2)16(11-14)27-3/h4-5,11,13H,6-10,12H2,1-3H3,(H2,19,20,25)/p+1/t13-/m0/s1. The average molecular weight is 378 g/mol. The fourth-order valence-corrected chi connectivity index (χ4v) is 3.41. The summed E-state index contributed by atoms with van der Waals surface area (Å²) in [6.45, 7) is 4.06. The molecule has 9 nitrogen and oxygen atoms in total. The van der Waals surface area contributed by atoms with E-state index in [1.54, 1.807) is 31.3 Å². The summed E-state index contributed by atoms with van der Waals surface area (Å²) in [5.41, 5.74) is 3.60. The van der Waals surface area contributed by atoms with E-state index in [0.29, 0.717) is 18.0 Å². The molecule has 0 bridgehead atoms. The molecule has 0 saturated carbocycles. The maximum Gasteiger partial charge on any atom is 0.329 e. The highest BCUT2D eigenvalue weighted by Gasteiger charge is 2.32. The minimum atomic E-state index is -0.262. The van der Waals surface area contributed by atoms with Crippen molar-refractivity contribution in [3.63, 3.8) is 0 Å². The Morgan fingerprint density at radius 2 is 1.89 bits per heavy atom. The van der Waals surface area contributed by atoms with Crippen LogP contribution < -0.4 is 30.0 Å². The van der Waals surface area contributed by atoms with Gasteiger partial charge in [-0.25, -0.2) is 9.80 Å². The number of benzene rings is 1. The molecule has 2 fully saturated rings. The van der Waals surface area contributed by atoms with Crippen LogP contribution in [0.5, 0.6) is 11.5 Å². The second-order valence-corrected chi connectivity index (χ2v) is 6.97. The zero-order valence-electron chi connectivity index (χ0n) is 16.1. The molecule has 1 atom stereocenters. The first-order valence-corrected chi connectivity index (χ1v) is 9.16. The first-order chi connectivity index (χ1) is 13.0. The van der Waals surface area contributed by atoms with Gasteiger partial charge in [0.15, 0.2) is 11.5 Å². The Kier molecular flexibility index (Phi) is 6.02. The van der Waals surface area contributed by atoms with Crippen molar-refractivity contribution in [1.29, 1.82) is 0 Å². The molecule has 2 saturated heterocycles. The van der Waals surface area contributed by atoms with E-state index in [9.17, 15) is 9.59 Å². The van der Waals surface area contributed by atoms with Gasteiger partial charge in [-0.1, -0.05) is 0 Å². The normalized spacial score (nSPS) is 21.2. The highest BCUT2D eigenvalue weighted by Crippen LogP contribution is 2.33. The number of piperazine rings is 1. The van der Waals surface area contributed by atoms with Crippen LogP contribution in [0, 0.1) is 0 Å². The molecule has 0 unspecified atom stereocenters. The van der Waals surface area contributed by atoms with Crippen molar-refractivity contribution in [1.82, 2.24) is 15.8 Å². The van der Waals surface area contributed by atoms with E-state index in [-0.39, 0.29) is 24.4 Å². The van der Waals surface area contributed by atoms with Crippen molar-refractivity contribution in [3.05, 3.63) is 18.2 Å². The quantitative estimate of drug-likeness (QED) is 0.603. The summed E-state index contributed by atoms with van der Waals surface area (Å²) in [6, 6.07) is 4.86. The number of hydrogen-bond donors (Lipinski definition) is 3. The van der Waals surface area contributed by atoms with Gasteiger partial charge in [0.1, 0.15) is 0 Å². The molecule has 148 valence electrons. The van der Waals surface area contributed by atoms with E-state index in [1.807, 2.05) is 11.1 Å². The molecule has 0 radical (unpaired) electrons. The zero-order chi connectivity index (χ0) is 19.4. The van der Waals surface area contributed by atoms with E-state index < -0.39 is 0 Å². The number of anilines is 1. The summed E-state index contributed by atoms with van der Waals surface area (Å²) in [5, 5.41) is 4.82. The lowest BCUT2D eigenvalue weighted by molar-refractivity contribution is -0.884. The number of nitrogens with one attached hydrogen (secondary N) is 3. The Morgan fingerprint density at radius 3 is 2.56 bits per heavy atom. The number of hydrogen-bond acceptors (Lipinski definition) is 5. The number of rotatable bonds is 5. The number of methoxy groups -OCH3 is 2. The summed E-state index contributed by atoms with van der Waals surface area (Å²) in [7, 11) is 5.27. The number of carbonyl (C=O) groups is 2. The second kappa shape index (κ2) is 8.45. The van der Waals surface area contributed by atoms with E-state index in [4.69, 9.17) is 9.47 Å². The molecule has 9 heteroatoms. The highest BCUT2D eigenvalue weighted by molar-refractivity contribution is 5.97. The van der Waals surface area contributed by atoms with Crippen molar-refractivity contribution in [2.75, 3.05) is 58.9 Å². The molecule has 2 aliphatic rings. The lowest BCUT2D eigenvalue weighted by Gasteiger charge is -2.30. The molecule has 3 N–H and O–H groups in total. The molecule has 3 rings (SSSR count). The van der Waals surface area contributed by atoms with Crippen LogP contribution in [0.2, 0.25) is 0 Å². The SMILES string of the molecule is COc1ccc(N2C[C@@H](NC(=O)NN3CC[NH+](C)CC3)CC2=O)cc1OC. The number of quaternary nitrogens is 1. The topological polar surface area (TPSA) is 87.6 Å². The van der Waals surface area contributed by atoms with Crippen molar-refractivity contribution >= 4 is 17.6 Å². The van der Waals surface area contributed by atoms with Gasteiger partial charge in [0, 0.05) is 24.7 Å². The van der Waals surface area contributed by atoms with Crippen LogP contribution in [0.1, 0.15) is 6.42 Å². The van der Waals surface area contributed by atoms with Gasteiger partial charge in [0.05, 0.1) is 53.5 Å². The summed E-state index contributed by atoms with van der Waals surface area (Å²) in [4.78, 5) is 27.8. The van der Waals surface area contributed by atoms with Crippen molar-refractivity contribution in [3.8, 4) is 11.5 Å². The molecule has 0 aromatic heterocycles. The molecule has 0 aliphatic carbocycles. The first-order valence-electron chi connectivity index (χ1n) is 9.16. The Labute approximate surface area is 159 Å². The van der Waals surface area contributed by atoms with Gasteiger partial charge in [0.2, 0.25) is 5.91 Å². The summed E-state index contributed by atoms with van der Waals surface area (Å²) >= 11 is 0. The van der Waals surface area contributed by atoms with E-state index in [2.05, 4.69) is 17.8 Å². The third kappa shape index (κ3) is 4.61. The van der Waals surface area contributed by atoms with Crippen LogP contribution >= 0.6 is 0 Å². The van der Waals surface area contributed by atoms with E-state index in [1.165, 1.54) is 4.90 Å². The Bertz CT molecular complexity index is 690. The lowest BCUT2D eigenvalue weighted by Crippen LogP contribution is -3.12. The van der Waals surface area contributed by atoms with Gasteiger partial charge in [-0.2, -0.15) is 0 Å². The number of amides is 3. The van der Waals surface area contributed by atoms with Gasteiger partial charge in [-0.15, -0.1) is 0 Å². The van der Waals surface area contributed by atoms with Gasteiger partial charge >= 0.3 is 6.03 Å². The number of carbonyl (C=O) groups excluding carboxylic acids is 2. The minimum Gasteiger partial charge on any atom is -0.493 e. The van der Waals surface area contributed by atoms with Crippen LogP contribution in [0.4, 0.5) is 10.5 Å². The lowest BCUT2D eigenvalue weighted by atomic mass is 10.2. The Hall–Kier alpha value is -2.52. The summed E-state index contributed by atoms with van der Waals surface area (Å²) < 4.78 is 10.5. The van der Waals surface area contributed by atoms with Crippen LogP contribution in [0.25, 0.3) is 0 Å². The van der Waals surface area contributed by atoms with Crippen LogP contribution in [-0.4, -0.2) is 77.0 Å². The van der Waals surface area contributed by atoms with E-state index >= 15 is 0 Å². The third-order valence-electron chi connectivity index (χ3n) is 5.02. The van der Waals surface area contributed by atoms with E-state index in [0.717, 1.165) is 31.9 Å². The molecule has 27 heavy (non-hydrogen) atoms. The van der Waals surface area contributed by atoms with Gasteiger partial charge in [-0.05, 0) is 12.1 Å². The average Bonchev–Trinajstić information content (AvgIpc) is 3.02. The highest BCUT2D eigenvalue weighted by atomic mass is 16.5. The maximum absolute atomic E-state index is 12.4. The first kappa shape index (κ1) is 19.2. The predicted octanol–water partition coefficient (Wildman–Crippen LogP) is -1.15. The molecule has 1 aromatic rings. The molecule has 1 aromatic carbocycles. The van der Waals surface area contributed by atoms with Crippen molar-refractivity contribution < 1.29 is 24.0 Å². The van der Waals surface area contributed by atoms with Crippen LogP contribution in [0.15, 0.2) is 18.2 Å². The molecule has 2 aliphatic heterocycles. The van der Waals surface area contributed by atoms with Gasteiger partial charge in [0.25, 0.3) is 0 Å². The molecule has 0 spiro atoms.